The topological polar surface area (TPSA) is 9.23 Å². The van der Waals surface area contributed by atoms with Crippen molar-refractivity contribution in [1.82, 2.24) is 0 Å². The van der Waals surface area contributed by atoms with Crippen molar-refractivity contribution in [2.45, 2.75) is 58.2 Å². The Bertz CT molecular complexity index is 219. The van der Waals surface area contributed by atoms with Gasteiger partial charge in [0.2, 0.25) is 0 Å². The normalized spacial score (nSPS) is 30.4. The highest BCUT2D eigenvalue weighted by atomic mass is 16.5. The quantitative estimate of drug-likeness (QED) is 0.597. The lowest BCUT2D eigenvalue weighted by Crippen LogP contribution is -2.16. The van der Waals surface area contributed by atoms with Crippen LogP contribution in [0, 0.1) is 5.92 Å². The summed E-state index contributed by atoms with van der Waals surface area (Å²) in [5.74, 6) is 0.571. The molecule has 0 saturated carbocycles. The molecule has 1 rings (SSSR count). The number of rotatable bonds is 6. The molecule has 0 aromatic carbocycles. The van der Waals surface area contributed by atoms with Crippen LogP contribution in [0.15, 0.2) is 24.8 Å². The van der Waals surface area contributed by atoms with E-state index in [0.717, 1.165) is 12.8 Å². The first-order valence-electron chi connectivity index (χ1n) is 6.10. The third kappa shape index (κ3) is 3.49. The largest absolute Gasteiger partial charge is 0.374 e. The zero-order chi connectivity index (χ0) is 11.3. The molecule has 15 heavy (non-hydrogen) atoms. The average Bonchev–Trinajstić information content (AvgIpc) is 2.59. The third-order valence-electron chi connectivity index (χ3n) is 3.24. The summed E-state index contributed by atoms with van der Waals surface area (Å²) in [6, 6.07) is 0. The minimum absolute atomic E-state index is 0.381. The van der Waals surface area contributed by atoms with Crippen molar-refractivity contribution in [2.75, 3.05) is 0 Å². The Kier molecular flexibility index (Phi) is 5.10. The molecule has 0 unspecified atom stereocenters. The highest BCUT2D eigenvalue weighted by molar-refractivity contribution is 5.04. The number of unbranched alkanes of at least 4 members (excludes halogenated alkanes) is 1. The van der Waals surface area contributed by atoms with Crippen molar-refractivity contribution < 1.29 is 4.74 Å². The summed E-state index contributed by atoms with van der Waals surface area (Å²) < 4.78 is 6.05. The van der Waals surface area contributed by atoms with Crippen LogP contribution >= 0.6 is 0 Å². The second kappa shape index (κ2) is 6.12. The Morgan fingerprint density at radius 3 is 2.80 bits per heavy atom. The van der Waals surface area contributed by atoms with Crippen LogP contribution in [-0.2, 0) is 4.74 Å². The fourth-order valence-electron chi connectivity index (χ4n) is 2.36. The van der Waals surface area contributed by atoms with Crippen LogP contribution in [0.5, 0.6) is 0 Å². The molecule has 0 aromatic heterocycles. The smallest absolute Gasteiger partial charge is 0.0645 e. The molecule has 3 atom stereocenters. The molecule has 0 bridgehead atoms. The van der Waals surface area contributed by atoms with E-state index in [0.29, 0.717) is 18.1 Å². The Hall–Kier alpha value is -0.560. The van der Waals surface area contributed by atoms with Gasteiger partial charge in [-0.25, -0.2) is 0 Å². The molecule has 86 valence electrons. The van der Waals surface area contributed by atoms with Crippen LogP contribution in [0.4, 0.5) is 0 Å². The summed E-state index contributed by atoms with van der Waals surface area (Å²) in [6.07, 6.45) is 8.55. The minimum Gasteiger partial charge on any atom is -0.374 e. The average molecular weight is 208 g/mol. The number of hydrogen-bond donors (Lipinski definition) is 0. The summed E-state index contributed by atoms with van der Waals surface area (Å²) in [4.78, 5) is 0. The van der Waals surface area contributed by atoms with Gasteiger partial charge in [-0.2, -0.15) is 0 Å². The molecule has 0 aliphatic carbocycles. The lowest BCUT2D eigenvalue weighted by molar-refractivity contribution is 0.0336. The van der Waals surface area contributed by atoms with Gasteiger partial charge in [0.1, 0.15) is 0 Å². The fourth-order valence-corrected chi connectivity index (χ4v) is 2.36. The van der Waals surface area contributed by atoms with Gasteiger partial charge in [-0.3, -0.25) is 0 Å². The molecule has 0 aromatic rings. The van der Waals surface area contributed by atoms with Gasteiger partial charge in [-0.1, -0.05) is 38.0 Å². The number of hydrogen-bond acceptors (Lipinski definition) is 1. The first-order valence-corrected chi connectivity index (χ1v) is 6.10. The van der Waals surface area contributed by atoms with Gasteiger partial charge in [0, 0.05) is 5.92 Å². The number of ether oxygens (including phenoxy) is 1. The monoisotopic (exact) mass is 208 g/mol. The third-order valence-corrected chi connectivity index (χ3v) is 3.24. The van der Waals surface area contributed by atoms with E-state index in [2.05, 4.69) is 27.0 Å². The first kappa shape index (κ1) is 12.5. The van der Waals surface area contributed by atoms with E-state index in [9.17, 15) is 0 Å². The molecule has 1 fully saturated rings. The van der Waals surface area contributed by atoms with Crippen molar-refractivity contribution in [2.24, 2.45) is 5.92 Å². The first-order chi connectivity index (χ1) is 7.19. The Morgan fingerprint density at radius 2 is 2.27 bits per heavy atom. The predicted molar refractivity (Wildman–Crippen MR) is 65.9 cm³/mol. The molecule has 1 aliphatic heterocycles. The maximum Gasteiger partial charge on any atom is 0.0645 e. The summed E-state index contributed by atoms with van der Waals surface area (Å²) in [5.41, 5.74) is 1.28. The van der Waals surface area contributed by atoms with Crippen molar-refractivity contribution in [3.63, 3.8) is 0 Å². The van der Waals surface area contributed by atoms with E-state index in [1.807, 2.05) is 6.08 Å². The van der Waals surface area contributed by atoms with Crippen LogP contribution in [0.1, 0.15) is 46.0 Å². The predicted octanol–water partition coefficient (Wildman–Crippen LogP) is 4.10. The SMILES string of the molecule is C=CC[C@H]1C[C@H](C(=C)C)[C@@H](CCCC)O1. The molecule has 0 amide bonds. The van der Waals surface area contributed by atoms with Crippen molar-refractivity contribution in [3.05, 3.63) is 24.8 Å². The molecular weight excluding hydrogens is 184 g/mol. The zero-order valence-electron chi connectivity index (χ0n) is 10.2. The lowest BCUT2D eigenvalue weighted by Gasteiger charge is -2.18. The van der Waals surface area contributed by atoms with Gasteiger partial charge < -0.3 is 4.74 Å². The Balaban J connectivity index is 2.51. The minimum atomic E-state index is 0.381. The summed E-state index contributed by atoms with van der Waals surface area (Å²) in [6.45, 7) is 12.2. The van der Waals surface area contributed by atoms with E-state index in [1.54, 1.807) is 0 Å². The van der Waals surface area contributed by atoms with Gasteiger partial charge in [0.15, 0.2) is 0 Å². The summed E-state index contributed by atoms with van der Waals surface area (Å²) in [5, 5.41) is 0. The van der Waals surface area contributed by atoms with Crippen LogP contribution in [0.2, 0.25) is 0 Å². The maximum atomic E-state index is 6.05. The van der Waals surface area contributed by atoms with Gasteiger partial charge >= 0.3 is 0 Å². The van der Waals surface area contributed by atoms with Gasteiger partial charge in [0.25, 0.3) is 0 Å². The van der Waals surface area contributed by atoms with Gasteiger partial charge in [0.05, 0.1) is 12.2 Å². The fraction of sp³-hybridized carbons (Fsp3) is 0.714. The molecule has 1 heteroatoms. The highest BCUT2D eigenvalue weighted by Gasteiger charge is 2.34. The standard InChI is InChI=1S/C14H24O/c1-5-7-9-14-13(11(3)4)10-12(15-14)8-6-2/h6,12-14H,2-3,5,7-10H2,1,4H3/t12-,13+,14+/m0/s1. The molecule has 1 aliphatic rings. The molecule has 1 nitrogen and oxygen atoms in total. The van der Waals surface area contributed by atoms with E-state index in [4.69, 9.17) is 4.74 Å². The van der Waals surface area contributed by atoms with E-state index in [1.165, 1.54) is 24.8 Å². The van der Waals surface area contributed by atoms with E-state index >= 15 is 0 Å². The second-order valence-corrected chi connectivity index (χ2v) is 4.65. The van der Waals surface area contributed by atoms with Gasteiger partial charge in [-0.05, 0) is 26.2 Å². The zero-order valence-corrected chi connectivity index (χ0v) is 10.2. The molecule has 0 spiro atoms. The highest BCUT2D eigenvalue weighted by Crippen LogP contribution is 2.35. The van der Waals surface area contributed by atoms with Crippen molar-refractivity contribution >= 4 is 0 Å². The lowest BCUT2D eigenvalue weighted by atomic mass is 9.90. The maximum absolute atomic E-state index is 6.05. The molecule has 0 N–H and O–H groups in total. The van der Waals surface area contributed by atoms with Crippen LogP contribution in [-0.4, -0.2) is 12.2 Å². The molecular formula is C14H24O. The molecule has 1 saturated heterocycles. The van der Waals surface area contributed by atoms with Crippen LogP contribution in [0.3, 0.4) is 0 Å². The summed E-state index contributed by atoms with van der Waals surface area (Å²) in [7, 11) is 0. The van der Waals surface area contributed by atoms with Crippen molar-refractivity contribution in [1.29, 1.82) is 0 Å². The molecule has 1 heterocycles. The second-order valence-electron chi connectivity index (χ2n) is 4.65. The van der Waals surface area contributed by atoms with Crippen LogP contribution < -0.4 is 0 Å². The van der Waals surface area contributed by atoms with Crippen LogP contribution in [0.25, 0.3) is 0 Å². The van der Waals surface area contributed by atoms with E-state index in [-0.39, 0.29) is 0 Å². The van der Waals surface area contributed by atoms with E-state index < -0.39 is 0 Å². The van der Waals surface area contributed by atoms with Crippen molar-refractivity contribution in [3.8, 4) is 0 Å². The molecule has 0 radical (unpaired) electrons. The summed E-state index contributed by atoms with van der Waals surface area (Å²) >= 11 is 0. The Morgan fingerprint density at radius 1 is 1.53 bits per heavy atom. The van der Waals surface area contributed by atoms with Gasteiger partial charge in [-0.15, -0.1) is 6.58 Å². The Labute approximate surface area is 94.2 Å².